The van der Waals surface area contributed by atoms with Crippen LogP contribution in [0.1, 0.15) is 35.6 Å². The molecule has 0 bridgehead atoms. The van der Waals surface area contributed by atoms with Gasteiger partial charge in [-0.2, -0.15) is 9.50 Å². The van der Waals surface area contributed by atoms with Gasteiger partial charge in [-0.3, -0.25) is 9.89 Å². The molecule has 0 atom stereocenters. The first kappa shape index (κ1) is 13.3. The summed E-state index contributed by atoms with van der Waals surface area (Å²) in [6.45, 7) is 0. The van der Waals surface area contributed by atoms with Gasteiger partial charge < -0.3 is 5.73 Å². The Labute approximate surface area is 130 Å². The van der Waals surface area contributed by atoms with E-state index >= 15 is 0 Å². The monoisotopic (exact) mass is 315 g/mol. The van der Waals surface area contributed by atoms with E-state index in [1.54, 1.807) is 0 Å². The molecule has 7 heteroatoms. The van der Waals surface area contributed by atoms with Gasteiger partial charge in [0.1, 0.15) is 0 Å². The van der Waals surface area contributed by atoms with Crippen molar-refractivity contribution in [2.45, 2.75) is 25.2 Å². The molecule has 3 N–H and O–H groups in total. The molecule has 0 saturated heterocycles. The number of nitrogens with zero attached hydrogens (tertiary/aromatic N) is 3. The largest absolute Gasteiger partial charge is 0.368 e. The second-order valence-electron chi connectivity index (χ2n) is 5.61. The highest BCUT2D eigenvalue weighted by Gasteiger charge is 2.30. The van der Waals surface area contributed by atoms with Crippen molar-refractivity contribution in [2.24, 2.45) is 0 Å². The molecule has 3 aromatic rings. The molecule has 0 spiro atoms. The average molecular weight is 316 g/mol. The van der Waals surface area contributed by atoms with Gasteiger partial charge in [0, 0.05) is 22.9 Å². The summed E-state index contributed by atoms with van der Waals surface area (Å²) in [5.41, 5.74) is 8.01. The Morgan fingerprint density at radius 2 is 2.18 bits per heavy atom. The number of hydrogen-bond donors (Lipinski definition) is 2. The van der Waals surface area contributed by atoms with E-state index in [9.17, 15) is 4.79 Å². The first-order valence-electron chi connectivity index (χ1n) is 7.13. The smallest absolute Gasteiger partial charge is 0.277 e. The minimum atomic E-state index is -0.143. The predicted octanol–water partition coefficient (Wildman–Crippen LogP) is 2.12. The second-order valence-corrected chi connectivity index (χ2v) is 6.04. The highest BCUT2D eigenvalue weighted by atomic mass is 35.5. The van der Waals surface area contributed by atoms with Crippen molar-refractivity contribution in [3.63, 3.8) is 0 Å². The van der Waals surface area contributed by atoms with Crippen LogP contribution in [-0.2, 0) is 6.42 Å². The number of nitrogens with one attached hydrogen (secondary N) is 1. The molecule has 1 aliphatic carbocycles. The molecular weight excluding hydrogens is 302 g/mol. The lowest BCUT2D eigenvalue weighted by Gasteiger charge is -2.08. The van der Waals surface area contributed by atoms with E-state index in [0.717, 1.165) is 24.1 Å². The zero-order valence-corrected chi connectivity index (χ0v) is 12.5. The SMILES string of the molecule is Nc1nc2nc(C3CC3)c(Cc3cccc(Cl)c3)c(=O)n2[nH]1. The molecule has 0 unspecified atom stereocenters. The first-order chi connectivity index (χ1) is 10.6. The third-order valence-corrected chi connectivity index (χ3v) is 4.11. The van der Waals surface area contributed by atoms with Crippen LogP contribution in [0.15, 0.2) is 29.1 Å². The summed E-state index contributed by atoms with van der Waals surface area (Å²) in [5.74, 6) is 0.871. The van der Waals surface area contributed by atoms with Crippen LogP contribution < -0.4 is 11.3 Å². The van der Waals surface area contributed by atoms with Crippen LogP contribution in [0.2, 0.25) is 5.02 Å². The number of nitrogens with two attached hydrogens (primary N) is 1. The zero-order chi connectivity index (χ0) is 15.3. The van der Waals surface area contributed by atoms with Gasteiger partial charge in [-0.1, -0.05) is 23.7 Å². The summed E-state index contributed by atoms with van der Waals surface area (Å²) in [7, 11) is 0. The third-order valence-electron chi connectivity index (χ3n) is 3.87. The molecule has 6 nitrogen and oxygen atoms in total. The van der Waals surface area contributed by atoms with Crippen molar-refractivity contribution in [3.05, 3.63) is 56.5 Å². The van der Waals surface area contributed by atoms with Crippen molar-refractivity contribution in [3.8, 4) is 0 Å². The molecule has 0 aliphatic heterocycles. The maximum atomic E-state index is 12.7. The van der Waals surface area contributed by atoms with E-state index in [1.165, 1.54) is 4.52 Å². The zero-order valence-electron chi connectivity index (χ0n) is 11.7. The van der Waals surface area contributed by atoms with Crippen LogP contribution >= 0.6 is 11.6 Å². The highest BCUT2D eigenvalue weighted by molar-refractivity contribution is 6.30. The van der Waals surface area contributed by atoms with Gasteiger partial charge >= 0.3 is 0 Å². The van der Waals surface area contributed by atoms with E-state index < -0.39 is 0 Å². The summed E-state index contributed by atoms with van der Waals surface area (Å²) in [5, 5.41) is 3.39. The van der Waals surface area contributed by atoms with E-state index in [0.29, 0.717) is 28.7 Å². The van der Waals surface area contributed by atoms with Crippen LogP contribution in [0.5, 0.6) is 0 Å². The van der Waals surface area contributed by atoms with Gasteiger partial charge in [0.2, 0.25) is 5.95 Å². The van der Waals surface area contributed by atoms with Crippen LogP contribution in [0.4, 0.5) is 5.95 Å². The molecule has 2 heterocycles. The number of fused-ring (bicyclic) bond motifs is 1. The molecule has 112 valence electrons. The quantitative estimate of drug-likeness (QED) is 0.774. The molecule has 1 saturated carbocycles. The van der Waals surface area contributed by atoms with Gasteiger partial charge in [-0.05, 0) is 30.5 Å². The summed E-state index contributed by atoms with van der Waals surface area (Å²) >= 11 is 6.03. The van der Waals surface area contributed by atoms with Gasteiger partial charge in [0.05, 0.1) is 5.69 Å². The lowest BCUT2D eigenvalue weighted by atomic mass is 10.0. The van der Waals surface area contributed by atoms with Crippen molar-refractivity contribution < 1.29 is 0 Å². The summed E-state index contributed by atoms with van der Waals surface area (Å²) in [4.78, 5) is 21.4. The molecule has 0 amide bonds. The number of aromatic amines is 1. The molecule has 0 radical (unpaired) electrons. The number of aromatic nitrogens is 4. The number of rotatable bonds is 3. The fourth-order valence-electron chi connectivity index (χ4n) is 2.70. The van der Waals surface area contributed by atoms with Gasteiger partial charge in [-0.15, -0.1) is 0 Å². The van der Waals surface area contributed by atoms with Crippen molar-refractivity contribution in [1.82, 2.24) is 19.6 Å². The lowest BCUT2D eigenvalue weighted by Crippen LogP contribution is -2.23. The van der Waals surface area contributed by atoms with E-state index in [-0.39, 0.29) is 11.5 Å². The lowest BCUT2D eigenvalue weighted by molar-refractivity contribution is 0.839. The maximum absolute atomic E-state index is 12.7. The Morgan fingerprint density at radius 1 is 1.36 bits per heavy atom. The summed E-state index contributed by atoms with van der Waals surface area (Å²) < 4.78 is 1.31. The topological polar surface area (TPSA) is 89.1 Å². The van der Waals surface area contributed by atoms with E-state index in [4.69, 9.17) is 17.3 Å². The number of H-pyrrole nitrogens is 1. The first-order valence-corrected chi connectivity index (χ1v) is 7.51. The van der Waals surface area contributed by atoms with Crippen LogP contribution in [-0.4, -0.2) is 19.6 Å². The molecule has 1 fully saturated rings. The van der Waals surface area contributed by atoms with Gasteiger partial charge in [-0.25, -0.2) is 4.98 Å². The Balaban J connectivity index is 1.89. The highest BCUT2D eigenvalue weighted by Crippen LogP contribution is 2.40. The average Bonchev–Trinajstić information content (AvgIpc) is 3.24. The Kier molecular flexibility index (Phi) is 2.94. The maximum Gasteiger partial charge on any atom is 0.277 e. The molecule has 1 aliphatic rings. The van der Waals surface area contributed by atoms with Gasteiger partial charge in [0.15, 0.2) is 0 Å². The Bertz CT molecular complexity index is 925. The molecule has 4 rings (SSSR count). The van der Waals surface area contributed by atoms with Gasteiger partial charge in [0.25, 0.3) is 11.3 Å². The number of benzene rings is 1. The molecule has 22 heavy (non-hydrogen) atoms. The van der Waals surface area contributed by atoms with E-state index in [1.807, 2.05) is 24.3 Å². The molecule has 1 aromatic carbocycles. The van der Waals surface area contributed by atoms with Crippen molar-refractivity contribution in [2.75, 3.05) is 5.73 Å². The molecular formula is C15H14ClN5O. The normalized spacial score (nSPS) is 14.6. The van der Waals surface area contributed by atoms with E-state index in [2.05, 4.69) is 15.1 Å². The van der Waals surface area contributed by atoms with Crippen LogP contribution in [0, 0.1) is 0 Å². The Morgan fingerprint density at radius 3 is 2.91 bits per heavy atom. The number of halogens is 1. The summed E-state index contributed by atoms with van der Waals surface area (Å²) in [6.07, 6.45) is 2.62. The summed E-state index contributed by atoms with van der Waals surface area (Å²) in [6, 6.07) is 7.52. The standard InChI is InChI=1S/C15H14ClN5O/c16-10-3-1-2-8(6-10)7-11-12(9-4-5-9)18-15-19-14(17)20-21(15)13(11)22/h1-3,6,9H,4-5,7H2,(H3,17,18,19,20). The minimum absolute atomic E-state index is 0.143. The molecule has 2 aromatic heterocycles. The fraction of sp³-hybridized carbons (Fsp3) is 0.267. The predicted molar refractivity (Wildman–Crippen MR) is 84.3 cm³/mol. The Hall–Kier alpha value is -2.34. The van der Waals surface area contributed by atoms with Crippen molar-refractivity contribution in [1.29, 1.82) is 0 Å². The van der Waals surface area contributed by atoms with Crippen LogP contribution in [0.3, 0.4) is 0 Å². The minimum Gasteiger partial charge on any atom is -0.368 e. The van der Waals surface area contributed by atoms with Crippen LogP contribution in [0.25, 0.3) is 5.78 Å². The number of hydrogen-bond acceptors (Lipinski definition) is 4. The van der Waals surface area contributed by atoms with Crippen molar-refractivity contribution >= 4 is 23.3 Å². The number of anilines is 1. The fourth-order valence-corrected chi connectivity index (χ4v) is 2.91. The third kappa shape index (κ3) is 2.25. The second kappa shape index (κ2) is 4.84. The number of nitrogen functional groups attached to an aromatic ring is 1.